The van der Waals surface area contributed by atoms with Gasteiger partial charge in [0.25, 0.3) is 5.56 Å². The van der Waals surface area contributed by atoms with Gasteiger partial charge < -0.3 is 9.84 Å². The summed E-state index contributed by atoms with van der Waals surface area (Å²) in [4.78, 5) is 12.5. The summed E-state index contributed by atoms with van der Waals surface area (Å²) in [5, 5.41) is 14.6. The Morgan fingerprint density at radius 1 is 1.00 bits per heavy atom. The molecule has 0 aliphatic rings. The predicted octanol–water partition coefficient (Wildman–Crippen LogP) is 2.03. The zero-order valence-corrected chi connectivity index (χ0v) is 12.0. The van der Waals surface area contributed by atoms with Gasteiger partial charge in [-0.05, 0) is 6.07 Å². The van der Waals surface area contributed by atoms with E-state index in [-0.39, 0.29) is 25.5 Å². The van der Waals surface area contributed by atoms with Crippen molar-refractivity contribution >= 4 is 10.8 Å². The van der Waals surface area contributed by atoms with Crippen LogP contribution in [-0.2, 0) is 11.5 Å². The third kappa shape index (κ3) is 2.77. The van der Waals surface area contributed by atoms with E-state index >= 15 is 0 Å². The van der Waals surface area contributed by atoms with E-state index in [2.05, 4.69) is 5.10 Å². The van der Waals surface area contributed by atoms with Gasteiger partial charge in [-0.2, -0.15) is 5.10 Å². The Morgan fingerprint density at radius 3 is 2.41 bits per heavy atom. The van der Waals surface area contributed by atoms with Crippen LogP contribution in [0.15, 0.2) is 59.4 Å². The Labute approximate surface area is 127 Å². The summed E-state index contributed by atoms with van der Waals surface area (Å²) in [7, 11) is 0. The predicted molar refractivity (Wildman–Crippen MR) is 84.5 cm³/mol. The number of rotatable bonds is 5. The lowest BCUT2D eigenvalue weighted by Crippen LogP contribution is -2.25. The normalized spacial score (nSPS) is 11.0. The van der Waals surface area contributed by atoms with E-state index in [1.54, 1.807) is 6.07 Å². The Balaban J connectivity index is 2.18. The number of aromatic nitrogens is 2. The summed E-state index contributed by atoms with van der Waals surface area (Å²) in [5.41, 5.74) is 1.48. The molecule has 0 spiro atoms. The molecular weight excluding hydrogens is 280 g/mol. The van der Waals surface area contributed by atoms with E-state index in [0.29, 0.717) is 5.39 Å². The van der Waals surface area contributed by atoms with E-state index in [4.69, 9.17) is 9.84 Å². The number of fused-ring (bicyclic) bond motifs is 1. The van der Waals surface area contributed by atoms with Crippen LogP contribution in [0, 0.1) is 0 Å². The van der Waals surface area contributed by atoms with Gasteiger partial charge in [0.05, 0.1) is 24.3 Å². The largest absolute Gasteiger partial charge is 0.394 e. The SMILES string of the molecule is O=c1c2ccccc2c(-c2ccccc2)nn1COCCO. The summed E-state index contributed by atoms with van der Waals surface area (Å²) in [5.74, 6) is 0. The summed E-state index contributed by atoms with van der Waals surface area (Å²) >= 11 is 0. The monoisotopic (exact) mass is 296 g/mol. The molecule has 0 saturated heterocycles. The van der Waals surface area contributed by atoms with Crippen molar-refractivity contribution in [2.45, 2.75) is 6.73 Å². The third-order valence-electron chi connectivity index (χ3n) is 3.36. The highest BCUT2D eigenvalue weighted by atomic mass is 16.5. The number of ether oxygens (including phenoxy) is 1. The van der Waals surface area contributed by atoms with Gasteiger partial charge in [-0.25, -0.2) is 4.68 Å². The highest BCUT2D eigenvalue weighted by Crippen LogP contribution is 2.24. The standard InChI is InChI=1S/C17H16N2O3/c20-10-11-22-12-19-17(21)15-9-5-4-8-14(15)16(18-19)13-6-2-1-3-7-13/h1-9,20H,10-12H2. The Hall–Kier alpha value is -2.50. The molecule has 1 aromatic heterocycles. The van der Waals surface area contributed by atoms with Crippen LogP contribution >= 0.6 is 0 Å². The smallest absolute Gasteiger partial charge is 0.276 e. The lowest BCUT2D eigenvalue weighted by Gasteiger charge is -2.11. The first kappa shape index (κ1) is 14.4. The van der Waals surface area contributed by atoms with Crippen molar-refractivity contribution in [1.82, 2.24) is 9.78 Å². The summed E-state index contributed by atoms with van der Waals surface area (Å²) in [6, 6.07) is 17.1. The zero-order valence-electron chi connectivity index (χ0n) is 12.0. The second-order valence-electron chi connectivity index (χ2n) is 4.83. The van der Waals surface area contributed by atoms with Crippen molar-refractivity contribution in [3.63, 3.8) is 0 Å². The second-order valence-corrected chi connectivity index (χ2v) is 4.83. The molecule has 3 aromatic rings. The van der Waals surface area contributed by atoms with Gasteiger partial charge >= 0.3 is 0 Å². The maximum atomic E-state index is 12.5. The van der Waals surface area contributed by atoms with E-state index in [1.165, 1.54) is 4.68 Å². The lowest BCUT2D eigenvalue weighted by molar-refractivity contribution is 0.0398. The summed E-state index contributed by atoms with van der Waals surface area (Å²) in [6.45, 7) is 0.0968. The van der Waals surface area contributed by atoms with Crippen LogP contribution in [0.3, 0.4) is 0 Å². The van der Waals surface area contributed by atoms with Crippen LogP contribution in [-0.4, -0.2) is 28.1 Å². The third-order valence-corrected chi connectivity index (χ3v) is 3.36. The maximum absolute atomic E-state index is 12.5. The molecule has 2 aromatic carbocycles. The first-order valence-electron chi connectivity index (χ1n) is 7.05. The highest BCUT2D eigenvalue weighted by Gasteiger charge is 2.11. The summed E-state index contributed by atoms with van der Waals surface area (Å²) < 4.78 is 6.53. The van der Waals surface area contributed by atoms with Gasteiger partial charge in [-0.15, -0.1) is 0 Å². The van der Waals surface area contributed by atoms with Crippen LogP contribution in [0.25, 0.3) is 22.0 Å². The molecule has 0 aliphatic heterocycles. The molecule has 0 radical (unpaired) electrons. The van der Waals surface area contributed by atoms with Crippen molar-refractivity contribution in [3.05, 3.63) is 65.0 Å². The molecule has 1 heterocycles. The molecule has 5 heteroatoms. The van der Waals surface area contributed by atoms with Gasteiger partial charge in [-0.3, -0.25) is 4.79 Å². The zero-order chi connectivity index (χ0) is 15.4. The number of hydrogen-bond acceptors (Lipinski definition) is 4. The average molecular weight is 296 g/mol. The molecule has 0 unspecified atom stereocenters. The van der Waals surface area contributed by atoms with E-state index in [9.17, 15) is 4.79 Å². The molecule has 0 fully saturated rings. The lowest BCUT2D eigenvalue weighted by atomic mass is 10.1. The number of aliphatic hydroxyl groups is 1. The van der Waals surface area contributed by atoms with Crippen LogP contribution in [0.4, 0.5) is 0 Å². The maximum Gasteiger partial charge on any atom is 0.276 e. The van der Waals surface area contributed by atoms with Crippen LogP contribution < -0.4 is 5.56 Å². The minimum atomic E-state index is -0.201. The molecule has 0 bridgehead atoms. The fourth-order valence-electron chi connectivity index (χ4n) is 2.35. The molecule has 22 heavy (non-hydrogen) atoms. The Morgan fingerprint density at radius 2 is 1.68 bits per heavy atom. The quantitative estimate of drug-likeness (QED) is 0.732. The van der Waals surface area contributed by atoms with Gasteiger partial charge in [0, 0.05) is 10.9 Å². The van der Waals surface area contributed by atoms with E-state index < -0.39 is 0 Å². The fraction of sp³-hybridized carbons (Fsp3) is 0.176. The first-order chi connectivity index (χ1) is 10.8. The minimum Gasteiger partial charge on any atom is -0.394 e. The molecule has 5 nitrogen and oxygen atoms in total. The fourth-order valence-corrected chi connectivity index (χ4v) is 2.35. The minimum absolute atomic E-state index is 0.0179. The molecular formula is C17H16N2O3. The van der Waals surface area contributed by atoms with E-state index in [1.807, 2.05) is 48.5 Å². The molecule has 0 amide bonds. The highest BCUT2D eigenvalue weighted by molar-refractivity contribution is 5.93. The van der Waals surface area contributed by atoms with Crippen LogP contribution in [0.2, 0.25) is 0 Å². The number of aliphatic hydroxyl groups excluding tert-OH is 1. The van der Waals surface area contributed by atoms with Crippen molar-refractivity contribution < 1.29 is 9.84 Å². The van der Waals surface area contributed by atoms with Gasteiger partial charge in [-0.1, -0.05) is 48.5 Å². The summed E-state index contributed by atoms with van der Waals surface area (Å²) in [6.07, 6.45) is 0. The second kappa shape index (κ2) is 6.51. The number of nitrogens with zero attached hydrogens (tertiary/aromatic N) is 2. The van der Waals surface area contributed by atoms with Crippen molar-refractivity contribution in [2.75, 3.05) is 13.2 Å². The Kier molecular flexibility index (Phi) is 4.27. The number of hydrogen-bond donors (Lipinski definition) is 1. The molecule has 0 saturated carbocycles. The van der Waals surface area contributed by atoms with Gasteiger partial charge in [0.15, 0.2) is 0 Å². The van der Waals surface area contributed by atoms with Crippen molar-refractivity contribution in [2.24, 2.45) is 0 Å². The van der Waals surface area contributed by atoms with Crippen LogP contribution in [0.5, 0.6) is 0 Å². The number of benzene rings is 2. The molecule has 112 valence electrons. The molecule has 0 aliphatic carbocycles. The van der Waals surface area contributed by atoms with E-state index in [0.717, 1.165) is 16.6 Å². The average Bonchev–Trinajstić information content (AvgIpc) is 2.58. The molecule has 3 rings (SSSR count). The van der Waals surface area contributed by atoms with Gasteiger partial charge in [0.1, 0.15) is 6.73 Å². The van der Waals surface area contributed by atoms with Gasteiger partial charge in [0.2, 0.25) is 0 Å². The topological polar surface area (TPSA) is 64.4 Å². The Bertz CT molecular complexity index is 828. The molecule has 0 atom stereocenters. The first-order valence-corrected chi connectivity index (χ1v) is 7.05. The molecule has 1 N–H and O–H groups in total. The van der Waals surface area contributed by atoms with Crippen molar-refractivity contribution in [1.29, 1.82) is 0 Å². The van der Waals surface area contributed by atoms with Crippen molar-refractivity contribution in [3.8, 4) is 11.3 Å². The van der Waals surface area contributed by atoms with Crippen LogP contribution in [0.1, 0.15) is 0 Å².